The quantitative estimate of drug-likeness (QED) is 0.859. The molecular formula is C16H19NO. The van der Waals surface area contributed by atoms with Crippen LogP contribution < -0.4 is 5.32 Å². The summed E-state index contributed by atoms with van der Waals surface area (Å²) in [6.45, 7) is 5.01. The van der Waals surface area contributed by atoms with E-state index in [2.05, 4.69) is 37.4 Å². The Kier molecular flexibility index (Phi) is 4.00. The van der Waals surface area contributed by atoms with Gasteiger partial charge in [-0.3, -0.25) is 0 Å². The third-order valence-corrected chi connectivity index (χ3v) is 3.15. The first-order valence-corrected chi connectivity index (χ1v) is 6.19. The van der Waals surface area contributed by atoms with Crippen LogP contribution in [0.5, 0.6) is 0 Å². The van der Waals surface area contributed by atoms with Gasteiger partial charge in [-0.15, -0.1) is 0 Å². The van der Waals surface area contributed by atoms with Crippen molar-refractivity contribution in [3.63, 3.8) is 0 Å². The molecule has 0 aliphatic rings. The molecule has 94 valence electrons. The van der Waals surface area contributed by atoms with E-state index in [1.54, 1.807) is 0 Å². The summed E-state index contributed by atoms with van der Waals surface area (Å²) < 4.78 is 0. The molecule has 2 aromatic carbocycles. The van der Waals surface area contributed by atoms with Crippen LogP contribution in [-0.2, 0) is 13.2 Å². The Labute approximate surface area is 108 Å². The standard InChI is InChI=1S/C16H19NO/c1-12-7-8-13(2)16(9-12)17-10-14-5-3-4-6-15(14)11-18/h3-9,17-18H,10-11H2,1-2H3. The highest BCUT2D eigenvalue weighted by atomic mass is 16.3. The summed E-state index contributed by atoms with van der Waals surface area (Å²) in [4.78, 5) is 0. The van der Waals surface area contributed by atoms with Gasteiger partial charge in [0, 0.05) is 12.2 Å². The second kappa shape index (κ2) is 5.69. The smallest absolute Gasteiger partial charge is 0.0685 e. The summed E-state index contributed by atoms with van der Waals surface area (Å²) in [5, 5.41) is 12.7. The van der Waals surface area contributed by atoms with E-state index in [0.717, 1.165) is 23.4 Å². The largest absolute Gasteiger partial charge is 0.392 e. The molecule has 0 amide bonds. The fourth-order valence-electron chi connectivity index (χ4n) is 2.00. The number of nitrogens with one attached hydrogen (secondary N) is 1. The molecule has 0 heterocycles. The number of benzene rings is 2. The maximum Gasteiger partial charge on any atom is 0.0685 e. The molecule has 0 fully saturated rings. The Balaban J connectivity index is 2.14. The van der Waals surface area contributed by atoms with Crippen molar-refractivity contribution in [1.29, 1.82) is 0 Å². The molecule has 2 rings (SSSR count). The molecule has 0 spiro atoms. The van der Waals surface area contributed by atoms with Gasteiger partial charge in [-0.05, 0) is 42.2 Å². The molecule has 0 atom stereocenters. The first-order valence-electron chi connectivity index (χ1n) is 6.19. The second-order valence-corrected chi connectivity index (χ2v) is 4.60. The number of anilines is 1. The molecule has 0 aromatic heterocycles. The van der Waals surface area contributed by atoms with Crippen molar-refractivity contribution < 1.29 is 5.11 Å². The number of aryl methyl sites for hydroxylation is 2. The van der Waals surface area contributed by atoms with Crippen molar-refractivity contribution in [1.82, 2.24) is 0 Å². The van der Waals surface area contributed by atoms with Crippen molar-refractivity contribution in [3.8, 4) is 0 Å². The summed E-state index contributed by atoms with van der Waals surface area (Å²) in [6, 6.07) is 14.3. The predicted molar refractivity (Wildman–Crippen MR) is 75.6 cm³/mol. The summed E-state index contributed by atoms with van der Waals surface area (Å²) in [5.41, 5.74) is 5.76. The van der Waals surface area contributed by atoms with Crippen molar-refractivity contribution in [2.24, 2.45) is 0 Å². The number of hydrogen-bond donors (Lipinski definition) is 2. The Morgan fingerprint density at radius 1 is 1.00 bits per heavy atom. The van der Waals surface area contributed by atoms with E-state index in [-0.39, 0.29) is 6.61 Å². The third-order valence-electron chi connectivity index (χ3n) is 3.15. The van der Waals surface area contributed by atoms with Gasteiger partial charge in [0.2, 0.25) is 0 Å². The average Bonchev–Trinajstić information content (AvgIpc) is 2.40. The Morgan fingerprint density at radius 2 is 1.72 bits per heavy atom. The van der Waals surface area contributed by atoms with Gasteiger partial charge in [0.15, 0.2) is 0 Å². The number of aliphatic hydroxyl groups is 1. The summed E-state index contributed by atoms with van der Waals surface area (Å²) >= 11 is 0. The zero-order valence-electron chi connectivity index (χ0n) is 10.9. The molecule has 0 bridgehead atoms. The van der Waals surface area contributed by atoms with Crippen LogP contribution in [0.4, 0.5) is 5.69 Å². The maximum atomic E-state index is 9.29. The molecule has 0 aliphatic heterocycles. The van der Waals surface area contributed by atoms with Gasteiger partial charge >= 0.3 is 0 Å². The lowest BCUT2D eigenvalue weighted by atomic mass is 10.1. The Bertz CT molecular complexity index is 534. The minimum Gasteiger partial charge on any atom is -0.392 e. The lowest BCUT2D eigenvalue weighted by Crippen LogP contribution is -2.04. The molecule has 2 aromatic rings. The van der Waals surface area contributed by atoms with Crippen LogP contribution in [0.2, 0.25) is 0 Å². The fraction of sp³-hybridized carbons (Fsp3) is 0.250. The van der Waals surface area contributed by atoms with E-state index < -0.39 is 0 Å². The highest BCUT2D eigenvalue weighted by molar-refractivity contribution is 5.53. The minimum atomic E-state index is 0.0879. The van der Waals surface area contributed by atoms with E-state index in [1.165, 1.54) is 11.1 Å². The lowest BCUT2D eigenvalue weighted by molar-refractivity contribution is 0.280. The predicted octanol–water partition coefficient (Wildman–Crippen LogP) is 3.41. The SMILES string of the molecule is Cc1ccc(C)c(NCc2ccccc2CO)c1. The molecule has 0 radical (unpaired) electrons. The van der Waals surface area contributed by atoms with E-state index in [9.17, 15) is 5.11 Å². The van der Waals surface area contributed by atoms with Gasteiger partial charge in [0.1, 0.15) is 0 Å². The molecule has 2 nitrogen and oxygen atoms in total. The molecule has 0 saturated carbocycles. The third kappa shape index (κ3) is 2.90. The van der Waals surface area contributed by atoms with Gasteiger partial charge in [0.05, 0.1) is 6.61 Å². The minimum absolute atomic E-state index is 0.0879. The van der Waals surface area contributed by atoms with Crippen LogP contribution in [-0.4, -0.2) is 5.11 Å². The van der Waals surface area contributed by atoms with Crippen molar-refractivity contribution in [3.05, 3.63) is 64.7 Å². The highest BCUT2D eigenvalue weighted by Gasteiger charge is 2.02. The van der Waals surface area contributed by atoms with E-state index >= 15 is 0 Å². The van der Waals surface area contributed by atoms with Crippen molar-refractivity contribution in [2.75, 3.05) is 5.32 Å². The van der Waals surface area contributed by atoms with Gasteiger partial charge in [-0.2, -0.15) is 0 Å². The van der Waals surface area contributed by atoms with Crippen LogP contribution in [0.25, 0.3) is 0 Å². The van der Waals surface area contributed by atoms with E-state index in [0.29, 0.717) is 0 Å². The highest BCUT2D eigenvalue weighted by Crippen LogP contribution is 2.18. The molecule has 0 saturated heterocycles. The van der Waals surface area contributed by atoms with E-state index in [1.807, 2.05) is 24.3 Å². The molecule has 2 heteroatoms. The molecule has 0 aliphatic carbocycles. The number of hydrogen-bond acceptors (Lipinski definition) is 2. The fourth-order valence-corrected chi connectivity index (χ4v) is 2.00. The van der Waals surface area contributed by atoms with Gasteiger partial charge in [0.25, 0.3) is 0 Å². The monoisotopic (exact) mass is 241 g/mol. The number of aliphatic hydroxyl groups excluding tert-OH is 1. The zero-order valence-corrected chi connectivity index (χ0v) is 10.9. The summed E-state index contributed by atoms with van der Waals surface area (Å²) in [6.07, 6.45) is 0. The van der Waals surface area contributed by atoms with Crippen LogP contribution in [0.15, 0.2) is 42.5 Å². The molecular weight excluding hydrogens is 222 g/mol. The van der Waals surface area contributed by atoms with Crippen molar-refractivity contribution >= 4 is 5.69 Å². The van der Waals surface area contributed by atoms with Gasteiger partial charge in [-0.25, -0.2) is 0 Å². The Hall–Kier alpha value is -1.80. The topological polar surface area (TPSA) is 32.3 Å². The Morgan fingerprint density at radius 3 is 2.44 bits per heavy atom. The molecule has 2 N–H and O–H groups in total. The first kappa shape index (κ1) is 12.7. The van der Waals surface area contributed by atoms with Gasteiger partial charge < -0.3 is 10.4 Å². The summed E-state index contributed by atoms with van der Waals surface area (Å²) in [5.74, 6) is 0. The zero-order chi connectivity index (χ0) is 13.0. The molecule has 18 heavy (non-hydrogen) atoms. The first-order chi connectivity index (χ1) is 8.70. The van der Waals surface area contributed by atoms with E-state index in [4.69, 9.17) is 0 Å². The lowest BCUT2D eigenvalue weighted by Gasteiger charge is -2.12. The van der Waals surface area contributed by atoms with Crippen molar-refractivity contribution in [2.45, 2.75) is 27.0 Å². The van der Waals surface area contributed by atoms with Crippen LogP contribution in [0, 0.1) is 13.8 Å². The maximum absolute atomic E-state index is 9.29. The van der Waals surface area contributed by atoms with Crippen LogP contribution >= 0.6 is 0 Å². The molecule has 0 unspecified atom stereocenters. The summed E-state index contributed by atoms with van der Waals surface area (Å²) in [7, 11) is 0. The van der Waals surface area contributed by atoms with Crippen LogP contribution in [0.1, 0.15) is 22.3 Å². The second-order valence-electron chi connectivity index (χ2n) is 4.60. The van der Waals surface area contributed by atoms with Crippen LogP contribution in [0.3, 0.4) is 0 Å². The number of rotatable bonds is 4. The average molecular weight is 241 g/mol. The normalized spacial score (nSPS) is 10.4. The van der Waals surface area contributed by atoms with Gasteiger partial charge in [-0.1, -0.05) is 36.4 Å².